The molecule has 2 aromatic heterocycles. The van der Waals surface area contributed by atoms with Crippen molar-refractivity contribution in [2.75, 3.05) is 5.32 Å². The molecule has 1 N–H and O–H groups in total. The molecule has 0 atom stereocenters. The van der Waals surface area contributed by atoms with Crippen molar-refractivity contribution in [1.82, 2.24) is 15.0 Å². The van der Waals surface area contributed by atoms with Crippen molar-refractivity contribution in [2.24, 2.45) is 0 Å². The highest BCUT2D eigenvalue weighted by Gasteiger charge is 2.12. The quantitative estimate of drug-likeness (QED) is 0.600. The second-order valence-corrected chi connectivity index (χ2v) is 5.49. The van der Waals surface area contributed by atoms with Crippen LogP contribution < -0.4 is 5.32 Å². The molecule has 2 heterocycles. The summed E-state index contributed by atoms with van der Waals surface area (Å²) in [5, 5.41) is 3.40. The van der Waals surface area contributed by atoms with E-state index in [0.29, 0.717) is 26.9 Å². The molecule has 0 bridgehead atoms. The maximum absolute atomic E-state index is 14.5. The number of thiazole rings is 1. The topological polar surface area (TPSA) is 50.7 Å². The van der Waals surface area contributed by atoms with Crippen molar-refractivity contribution in [3.8, 4) is 0 Å². The fraction of sp³-hybridized carbons (Fsp3) is 0. The van der Waals surface area contributed by atoms with Crippen LogP contribution in [0.15, 0.2) is 42.2 Å². The molecule has 0 aliphatic carbocycles. The molecule has 4 aromatic rings. The van der Waals surface area contributed by atoms with Crippen molar-refractivity contribution in [3.63, 3.8) is 0 Å². The van der Waals surface area contributed by atoms with E-state index in [2.05, 4.69) is 20.3 Å². The minimum Gasteiger partial charge on any atom is -0.337 e. The molecule has 0 saturated heterocycles. The molecule has 108 valence electrons. The van der Waals surface area contributed by atoms with Crippen LogP contribution >= 0.6 is 11.3 Å². The number of hydrogen-bond acceptors (Lipinski definition) is 5. The number of nitrogens with zero attached hydrogens (tertiary/aromatic N) is 3. The summed E-state index contributed by atoms with van der Waals surface area (Å²) in [5.41, 5.74) is 3.04. The highest BCUT2D eigenvalue weighted by atomic mass is 32.1. The van der Waals surface area contributed by atoms with Gasteiger partial charge in [0.1, 0.15) is 18.0 Å². The van der Waals surface area contributed by atoms with Gasteiger partial charge in [-0.05, 0) is 30.3 Å². The van der Waals surface area contributed by atoms with Crippen molar-refractivity contribution in [2.45, 2.75) is 0 Å². The Balaban J connectivity index is 1.85. The standard InChI is InChI=1S/C15H8F2N4S/c16-8-1-2-10-9(5-8)15(19-6-18-10)21-11-3-4-12-14(13(11)17)22-7-20-12/h1-7H,(H,18,19,21). The minimum absolute atomic E-state index is 0.265. The van der Waals surface area contributed by atoms with E-state index < -0.39 is 11.6 Å². The van der Waals surface area contributed by atoms with Gasteiger partial charge in [-0.25, -0.2) is 23.7 Å². The third kappa shape index (κ3) is 2.06. The van der Waals surface area contributed by atoms with Crippen LogP contribution in [0.2, 0.25) is 0 Å². The van der Waals surface area contributed by atoms with Gasteiger partial charge in [0.25, 0.3) is 0 Å². The summed E-state index contributed by atoms with van der Waals surface area (Å²) in [4.78, 5) is 12.2. The summed E-state index contributed by atoms with van der Waals surface area (Å²) in [7, 11) is 0. The molecular formula is C15H8F2N4S. The van der Waals surface area contributed by atoms with Crippen LogP contribution in [0, 0.1) is 11.6 Å². The van der Waals surface area contributed by atoms with Crippen LogP contribution in [-0.2, 0) is 0 Å². The van der Waals surface area contributed by atoms with Gasteiger partial charge in [-0.2, -0.15) is 0 Å². The molecular weight excluding hydrogens is 306 g/mol. The van der Waals surface area contributed by atoms with E-state index in [1.807, 2.05) is 0 Å². The number of halogens is 2. The lowest BCUT2D eigenvalue weighted by Crippen LogP contribution is -1.98. The maximum atomic E-state index is 14.5. The van der Waals surface area contributed by atoms with Gasteiger partial charge in [-0.1, -0.05) is 0 Å². The van der Waals surface area contributed by atoms with Gasteiger partial charge in [-0.15, -0.1) is 11.3 Å². The second kappa shape index (κ2) is 4.96. The SMILES string of the molecule is Fc1ccc2ncnc(Nc3ccc4ncsc4c3F)c2c1. The lowest BCUT2D eigenvalue weighted by Gasteiger charge is -2.09. The smallest absolute Gasteiger partial charge is 0.166 e. The molecule has 0 spiro atoms. The van der Waals surface area contributed by atoms with E-state index in [9.17, 15) is 8.78 Å². The van der Waals surface area contributed by atoms with Crippen molar-refractivity contribution >= 4 is 44.0 Å². The molecule has 2 aromatic carbocycles. The van der Waals surface area contributed by atoms with Crippen molar-refractivity contribution < 1.29 is 8.78 Å². The number of aromatic nitrogens is 3. The van der Waals surface area contributed by atoms with Gasteiger partial charge in [-0.3, -0.25) is 0 Å². The average molecular weight is 314 g/mol. The largest absolute Gasteiger partial charge is 0.337 e. The molecule has 4 nitrogen and oxygen atoms in total. The Labute approximate surface area is 127 Å². The van der Waals surface area contributed by atoms with Crippen LogP contribution in [0.25, 0.3) is 21.1 Å². The molecule has 0 amide bonds. The fourth-order valence-corrected chi connectivity index (χ4v) is 2.97. The van der Waals surface area contributed by atoms with Crippen molar-refractivity contribution in [3.05, 3.63) is 53.8 Å². The zero-order chi connectivity index (χ0) is 15.1. The first-order chi connectivity index (χ1) is 10.7. The number of fused-ring (bicyclic) bond motifs is 2. The van der Waals surface area contributed by atoms with Gasteiger partial charge in [0, 0.05) is 5.39 Å². The number of anilines is 2. The Kier molecular flexibility index (Phi) is 2.93. The summed E-state index contributed by atoms with van der Waals surface area (Å²) < 4.78 is 28.4. The van der Waals surface area contributed by atoms with E-state index in [1.165, 1.54) is 29.8 Å². The van der Waals surface area contributed by atoms with Gasteiger partial charge in [0.05, 0.1) is 26.9 Å². The predicted octanol–water partition coefficient (Wildman–Crippen LogP) is 4.26. The minimum atomic E-state index is -0.400. The molecule has 0 fully saturated rings. The molecule has 0 radical (unpaired) electrons. The van der Waals surface area contributed by atoms with E-state index in [1.54, 1.807) is 23.7 Å². The summed E-state index contributed by atoms with van der Waals surface area (Å²) in [6.07, 6.45) is 1.35. The highest BCUT2D eigenvalue weighted by molar-refractivity contribution is 7.16. The van der Waals surface area contributed by atoms with E-state index in [-0.39, 0.29) is 5.69 Å². The van der Waals surface area contributed by atoms with Crippen LogP contribution in [0.4, 0.5) is 20.3 Å². The summed E-state index contributed by atoms with van der Waals surface area (Å²) in [6, 6.07) is 7.51. The number of nitrogens with one attached hydrogen (secondary N) is 1. The van der Waals surface area contributed by atoms with Crippen LogP contribution in [0.1, 0.15) is 0 Å². The lowest BCUT2D eigenvalue weighted by atomic mass is 10.2. The van der Waals surface area contributed by atoms with E-state index in [4.69, 9.17) is 0 Å². The van der Waals surface area contributed by atoms with Gasteiger partial charge >= 0.3 is 0 Å². The predicted molar refractivity (Wildman–Crippen MR) is 82.4 cm³/mol. The molecule has 0 aliphatic rings. The molecule has 0 saturated carbocycles. The van der Waals surface area contributed by atoms with Gasteiger partial charge in [0.2, 0.25) is 0 Å². The normalized spacial score (nSPS) is 11.2. The second-order valence-electron chi connectivity index (χ2n) is 4.64. The fourth-order valence-electron chi connectivity index (χ4n) is 2.25. The van der Waals surface area contributed by atoms with Crippen LogP contribution in [-0.4, -0.2) is 15.0 Å². The first-order valence-corrected chi connectivity index (χ1v) is 7.29. The van der Waals surface area contributed by atoms with E-state index >= 15 is 0 Å². The van der Waals surface area contributed by atoms with E-state index in [0.717, 1.165) is 0 Å². The first-order valence-electron chi connectivity index (χ1n) is 6.41. The highest BCUT2D eigenvalue weighted by Crippen LogP contribution is 2.30. The number of benzene rings is 2. The van der Waals surface area contributed by atoms with Gasteiger partial charge < -0.3 is 5.32 Å². The van der Waals surface area contributed by atoms with Crippen LogP contribution in [0.5, 0.6) is 0 Å². The monoisotopic (exact) mass is 314 g/mol. The molecule has 4 rings (SSSR count). The Morgan fingerprint density at radius 3 is 2.73 bits per heavy atom. The summed E-state index contributed by atoms with van der Waals surface area (Å²) in [6.45, 7) is 0. The van der Waals surface area contributed by atoms with Gasteiger partial charge in [0.15, 0.2) is 5.82 Å². The number of rotatable bonds is 2. The molecule has 0 unspecified atom stereocenters. The molecule has 0 aliphatic heterocycles. The Morgan fingerprint density at radius 2 is 1.82 bits per heavy atom. The molecule has 22 heavy (non-hydrogen) atoms. The van der Waals surface area contributed by atoms with Crippen LogP contribution in [0.3, 0.4) is 0 Å². The third-order valence-corrected chi connectivity index (χ3v) is 4.12. The van der Waals surface area contributed by atoms with Crippen molar-refractivity contribution in [1.29, 1.82) is 0 Å². The summed E-state index contributed by atoms with van der Waals surface area (Å²) >= 11 is 1.23. The Hall–Kier alpha value is -2.67. The first kappa shape index (κ1) is 13.0. The lowest BCUT2D eigenvalue weighted by molar-refractivity contribution is 0.629. The zero-order valence-electron chi connectivity index (χ0n) is 11.0. The zero-order valence-corrected chi connectivity index (χ0v) is 11.9. The third-order valence-electron chi connectivity index (χ3n) is 3.29. The Bertz CT molecular complexity index is 999. The Morgan fingerprint density at radius 1 is 0.955 bits per heavy atom. The summed E-state index contributed by atoms with van der Waals surface area (Å²) in [5.74, 6) is -0.445. The average Bonchev–Trinajstić information content (AvgIpc) is 3.00. The molecule has 7 heteroatoms. The maximum Gasteiger partial charge on any atom is 0.166 e. The number of hydrogen-bond donors (Lipinski definition) is 1.